The fourth-order valence-electron chi connectivity index (χ4n) is 3.62. The van der Waals surface area contributed by atoms with E-state index in [9.17, 15) is 12.8 Å². The van der Waals surface area contributed by atoms with Gasteiger partial charge in [-0.2, -0.15) is 5.26 Å². The smallest absolute Gasteiger partial charge is 0.229 e. The zero-order chi connectivity index (χ0) is 22.2. The number of hydrogen-bond donors (Lipinski definition) is 1. The summed E-state index contributed by atoms with van der Waals surface area (Å²) in [6.45, 7) is 1.99. The highest BCUT2D eigenvalue weighted by atomic mass is 32.2. The van der Waals surface area contributed by atoms with Crippen LogP contribution >= 0.6 is 0 Å². The molecule has 156 valence electrons. The van der Waals surface area contributed by atoms with Gasteiger partial charge in [0.1, 0.15) is 11.9 Å². The van der Waals surface area contributed by atoms with E-state index in [0.717, 1.165) is 28.4 Å². The third-order valence-corrected chi connectivity index (χ3v) is 5.68. The summed E-state index contributed by atoms with van der Waals surface area (Å²) >= 11 is 0. The van der Waals surface area contributed by atoms with Crippen LogP contribution in [0.15, 0.2) is 67.0 Å². The molecule has 2 heterocycles. The first-order valence-electron chi connectivity index (χ1n) is 9.50. The Labute approximate surface area is 179 Å². The SMILES string of the molecule is C[C@H](c1ccccn1)n1cc(-c2ccc(C#N)c(F)c2)c2ccc(NS(C)(=O)=O)cc21. The van der Waals surface area contributed by atoms with E-state index in [4.69, 9.17) is 5.26 Å². The van der Waals surface area contributed by atoms with Gasteiger partial charge in [-0.1, -0.05) is 18.2 Å². The standard InChI is InChI=1S/C23H19FN4O2S/c1-15(22-5-3-4-10-26-22)28-14-20(16-6-7-17(13-25)21(24)11-16)19-9-8-18(12-23(19)28)27-31(2,29)30/h3-12,14-15,27H,1-2H3/t15-/m1/s1. The van der Waals surface area contributed by atoms with Crippen LogP contribution in [-0.4, -0.2) is 24.2 Å². The number of nitrogens with one attached hydrogen (secondary N) is 1. The fraction of sp³-hybridized carbons (Fsp3) is 0.130. The van der Waals surface area contributed by atoms with Crippen molar-refractivity contribution in [2.45, 2.75) is 13.0 Å². The van der Waals surface area contributed by atoms with Crippen LogP contribution in [0, 0.1) is 17.1 Å². The van der Waals surface area contributed by atoms with Crippen LogP contribution in [0.25, 0.3) is 22.0 Å². The van der Waals surface area contributed by atoms with E-state index in [1.807, 2.05) is 42.0 Å². The molecule has 31 heavy (non-hydrogen) atoms. The van der Waals surface area contributed by atoms with Crippen LogP contribution in [0.1, 0.15) is 24.2 Å². The molecule has 0 aliphatic heterocycles. The van der Waals surface area contributed by atoms with Gasteiger partial charge >= 0.3 is 0 Å². The highest BCUT2D eigenvalue weighted by Crippen LogP contribution is 2.36. The van der Waals surface area contributed by atoms with Crippen molar-refractivity contribution in [1.29, 1.82) is 5.26 Å². The van der Waals surface area contributed by atoms with E-state index in [0.29, 0.717) is 11.3 Å². The molecule has 0 radical (unpaired) electrons. The van der Waals surface area contributed by atoms with Crippen LogP contribution < -0.4 is 4.72 Å². The van der Waals surface area contributed by atoms with Crippen molar-refractivity contribution in [2.75, 3.05) is 11.0 Å². The summed E-state index contributed by atoms with van der Waals surface area (Å²) in [6, 6.07) is 17.0. The summed E-state index contributed by atoms with van der Waals surface area (Å²) in [6.07, 6.45) is 4.71. The van der Waals surface area contributed by atoms with E-state index in [2.05, 4.69) is 9.71 Å². The number of nitriles is 1. The lowest BCUT2D eigenvalue weighted by Gasteiger charge is -2.15. The lowest BCUT2D eigenvalue weighted by atomic mass is 10.0. The summed E-state index contributed by atoms with van der Waals surface area (Å²) in [5.41, 5.74) is 3.41. The number of rotatable bonds is 5. The molecule has 0 aliphatic carbocycles. The average molecular weight is 434 g/mol. The molecule has 0 unspecified atom stereocenters. The average Bonchev–Trinajstić information content (AvgIpc) is 3.11. The number of pyridine rings is 1. The first-order chi connectivity index (χ1) is 14.8. The molecule has 4 rings (SSSR count). The zero-order valence-corrected chi connectivity index (χ0v) is 17.7. The molecule has 2 aromatic heterocycles. The number of nitrogens with zero attached hydrogens (tertiary/aromatic N) is 3. The number of fused-ring (bicyclic) bond motifs is 1. The first-order valence-corrected chi connectivity index (χ1v) is 11.4. The third-order valence-electron chi connectivity index (χ3n) is 5.07. The van der Waals surface area contributed by atoms with Gasteiger partial charge in [0.2, 0.25) is 10.0 Å². The Bertz CT molecular complexity index is 1420. The molecule has 0 saturated carbocycles. The maximum Gasteiger partial charge on any atom is 0.229 e. The second-order valence-corrected chi connectivity index (χ2v) is 9.04. The van der Waals surface area contributed by atoms with E-state index in [-0.39, 0.29) is 11.6 Å². The largest absolute Gasteiger partial charge is 0.338 e. The minimum atomic E-state index is -3.44. The Morgan fingerprint density at radius 2 is 1.97 bits per heavy atom. The Kier molecular flexibility index (Phi) is 5.21. The van der Waals surface area contributed by atoms with Crippen LogP contribution in [0.2, 0.25) is 0 Å². The van der Waals surface area contributed by atoms with Gasteiger partial charge in [-0.15, -0.1) is 0 Å². The van der Waals surface area contributed by atoms with Crippen molar-refractivity contribution in [3.8, 4) is 17.2 Å². The molecule has 4 aromatic rings. The van der Waals surface area contributed by atoms with Gasteiger partial charge in [0.05, 0.1) is 34.8 Å². The van der Waals surface area contributed by atoms with Crippen molar-refractivity contribution in [2.24, 2.45) is 0 Å². The highest BCUT2D eigenvalue weighted by Gasteiger charge is 2.18. The van der Waals surface area contributed by atoms with Gasteiger partial charge in [-0.05, 0) is 48.9 Å². The summed E-state index contributed by atoms with van der Waals surface area (Å²) < 4.78 is 42.2. The summed E-state index contributed by atoms with van der Waals surface area (Å²) in [5.74, 6) is -0.589. The molecule has 1 N–H and O–H groups in total. The van der Waals surface area contributed by atoms with E-state index in [1.165, 1.54) is 12.1 Å². The van der Waals surface area contributed by atoms with Crippen LogP contribution in [0.4, 0.5) is 10.1 Å². The Balaban J connectivity index is 1.93. The maximum atomic E-state index is 14.3. The van der Waals surface area contributed by atoms with Gasteiger partial charge in [-0.3, -0.25) is 9.71 Å². The molecule has 8 heteroatoms. The van der Waals surface area contributed by atoms with Gasteiger partial charge in [-0.25, -0.2) is 12.8 Å². The minimum Gasteiger partial charge on any atom is -0.338 e. The van der Waals surface area contributed by atoms with Gasteiger partial charge < -0.3 is 4.57 Å². The number of hydrogen-bond acceptors (Lipinski definition) is 4. The van der Waals surface area contributed by atoms with Crippen LogP contribution in [-0.2, 0) is 10.0 Å². The van der Waals surface area contributed by atoms with Gasteiger partial charge in [0.15, 0.2) is 0 Å². The lowest BCUT2D eigenvalue weighted by Crippen LogP contribution is -2.10. The number of sulfonamides is 1. The third kappa shape index (κ3) is 4.13. The molecule has 1 atom stereocenters. The van der Waals surface area contributed by atoms with Crippen LogP contribution in [0.5, 0.6) is 0 Å². The highest BCUT2D eigenvalue weighted by molar-refractivity contribution is 7.92. The van der Waals surface area contributed by atoms with Crippen molar-refractivity contribution >= 4 is 26.6 Å². The molecule has 2 aromatic carbocycles. The van der Waals surface area contributed by atoms with Gasteiger partial charge in [0.25, 0.3) is 0 Å². The first kappa shape index (κ1) is 20.6. The Morgan fingerprint density at radius 1 is 1.16 bits per heavy atom. The predicted molar refractivity (Wildman–Crippen MR) is 119 cm³/mol. The fourth-order valence-corrected chi connectivity index (χ4v) is 4.17. The van der Waals surface area contributed by atoms with E-state index < -0.39 is 15.8 Å². The monoisotopic (exact) mass is 434 g/mol. The molecule has 0 fully saturated rings. The second-order valence-electron chi connectivity index (χ2n) is 7.29. The Morgan fingerprint density at radius 3 is 2.61 bits per heavy atom. The normalized spacial score (nSPS) is 12.5. The summed E-state index contributed by atoms with van der Waals surface area (Å²) in [5, 5.41) is 9.85. The molecular weight excluding hydrogens is 415 g/mol. The minimum absolute atomic E-state index is 0.0195. The van der Waals surface area contributed by atoms with Crippen molar-refractivity contribution in [3.63, 3.8) is 0 Å². The summed E-state index contributed by atoms with van der Waals surface area (Å²) in [7, 11) is -3.44. The van der Waals surface area contributed by atoms with Crippen LogP contribution in [0.3, 0.4) is 0 Å². The number of halogens is 1. The zero-order valence-electron chi connectivity index (χ0n) is 16.9. The molecule has 0 amide bonds. The molecule has 0 bridgehead atoms. The Hall–Kier alpha value is -3.70. The lowest BCUT2D eigenvalue weighted by molar-refractivity contribution is 0.607. The number of aromatic nitrogens is 2. The quantitative estimate of drug-likeness (QED) is 0.493. The van der Waals surface area contributed by atoms with Crippen molar-refractivity contribution < 1.29 is 12.8 Å². The number of anilines is 1. The molecule has 0 saturated heterocycles. The number of benzene rings is 2. The topological polar surface area (TPSA) is 87.8 Å². The summed E-state index contributed by atoms with van der Waals surface area (Å²) in [4.78, 5) is 4.43. The molecule has 0 spiro atoms. The molecule has 0 aliphatic rings. The predicted octanol–water partition coefficient (Wildman–Crippen LogP) is 4.69. The van der Waals surface area contributed by atoms with Crippen molar-refractivity contribution in [3.05, 3.63) is 84.1 Å². The van der Waals surface area contributed by atoms with E-state index in [1.54, 1.807) is 30.5 Å². The van der Waals surface area contributed by atoms with Crippen molar-refractivity contribution in [1.82, 2.24) is 9.55 Å². The molecule has 6 nitrogen and oxygen atoms in total. The maximum absolute atomic E-state index is 14.3. The molecular formula is C23H19FN4O2S. The van der Waals surface area contributed by atoms with Gasteiger partial charge in [0, 0.05) is 23.3 Å². The van der Waals surface area contributed by atoms with E-state index >= 15 is 0 Å². The second kappa shape index (κ2) is 7.85.